The fourth-order valence-electron chi connectivity index (χ4n) is 2.33. The summed E-state index contributed by atoms with van der Waals surface area (Å²) in [7, 11) is 0. The molecule has 0 saturated carbocycles. The number of hydrogen-bond donors (Lipinski definition) is 2. The molecule has 0 radical (unpaired) electrons. The third-order valence-electron chi connectivity index (χ3n) is 3.31. The molecule has 0 spiro atoms. The van der Waals surface area contributed by atoms with Crippen LogP contribution in [0, 0.1) is 0 Å². The molecule has 0 bridgehead atoms. The van der Waals surface area contributed by atoms with Crippen molar-refractivity contribution in [3.05, 3.63) is 45.5 Å². The summed E-state index contributed by atoms with van der Waals surface area (Å²) in [5, 5.41) is 2.14. The SMILES string of the molecule is NNC(=O)c1coc(CN2CCc3sccc3C2)c1. The highest BCUT2D eigenvalue weighted by atomic mass is 32.1. The van der Waals surface area contributed by atoms with Crippen LogP contribution in [0.3, 0.4) is 0 Å². The van der Waals surface area contributed by atoms with Crippen LogP contribution in [0.5, 0.6) is 0 Å². The summed E-state index contributed by atoms with van der Waals surface area (Å²) in [6, 6.07) is 3.92. The molecule has 3 rings (SSSR count). The maximum atomic E-state index is 11.3. The highest BCUT2D eigenvalue weighted by Crippen LogP contribution is 2.25. The highest BCUT2D eigenvalue weighted by Gasteiger charge is 2.18. The molecule has 0 aromatic carbocycles. The number of furan rings is 1. The van der Waals surface area contributed by atoms with E-state index in [4.69, 9.17) is 10.3 Å². The molecule has 5 nitrogen and oxygen atoms in total. The van der Waals surface area contributed by atoms with Crippen molar-refractivity contribution in [1.82, 2.24) is 10.3 Å². The number of nitrogens with zero attached hydrogens (tertiary/aromatic N) is 1. The third kappa shape index (κ3) is 2.56. The Morgan fingerprint density at radius 3 is 3.32 bits per heavy atom. The number of carbonyl (C=O) groups excluding carboxylic acids is 1. The molecule has 1 aliphatic rings. The molecule has 0 atom stereocenters. The van der Waals surface area contributed by atoms with Gasteiger partial charge in [0.05, 0.1) is 12.1 Å². The second-order valence-electron chi connectivity index (χ2n) is 4.60. The molecule has 100 valence electrons. The van der Waals surface area contributed by atoms with Crippen molar-refractivity contribution in [1.29, 1.82) is 0 Å². The summed E-state index contributed by atoms with van der Waals surface area (Å²) in [6.45, 7) is 2.68. The van der Waals surface area contributed by atoms with Crippen molar-refractivity contribution in [2.24, 2.45) is 5.84 Å². The van der Waals surface area contributed by atoms with E-state index in [-0.39, 0.29) is 5.91 Å². The third-order valence-corrected chi connectivity index (χ3v) is 4.34. The maximum Gasteiger partial charge on any atom is 0.268 e. The molecule has 1 amide bonds. The summed E-state index contributed by atoms with van der Waals surface area (Å²) in [5.41, 5.74) is 3.97. The van der Waals surface area contributed by atoms with Crippen molar-refractivity contribution in [2.45, 2.75) is 19.5 Å². The van der Waals surface area contributed by atoms with Gasteiger partial charge in [-0.2, -0.15) is 0 Å². The van der Waals surface area contributed by atoms with Crippen LogP contribution in [0.1, 0.15) is 26.6 Å². The second-order valence-corrected chi connectivity index (χ2v) is 5.61. The van der Waals surface area contributed by atoms with Crippen LogP contribution in [0.2, 0.25) is 0 Å². The van der Waals surface area contributed by atoms with Gasteiger partial charge in [-0.25, -0.2) is 5.84 Å². The standard InChI is InChI=1S/C13H15N3O2S/c14-15-13(17)10-5-11(18-8-10)7-16-3-1-12-9(6-16)2-4-19-12/h2,4-5,8H,1,3,6-7,14H2,(H,15,17). The van der Waals surface area contributed by atoms with E-state index in [0.717, 1.165) is 25.3 Å². The van der Waals surface area contributed by atoms with Gasteiger partial charge in [-0.3, -0.25) is 15.1 Å². The van der Waals surface area contributed by atoms with E-state index in [2.05, 4.69) is 21.8 Å². The van der Waals surface area contributed by atoms with Gasteiger partial charge in [-0.1, -0.05) is 0 Å². The van der Waals surface area contributed by atoms with E-state index in [0.29, 0.717) is 12.1 Å². The summed E-state index contributed by atoms with van der Waals surface area (Å²) < 4.78 is 5.40. The van der Waals surface area contributed by atoms with Crippen LogP contribution in [-0.4, -0.2) is 17.4 Å². The quantitative estimate of drug-likeness (QED) is 0.507. The van der Waals surface area contributed by atoms with E-state index in [1.807, 2.05) is 11.3 Å². The van der Waals surface area contributed by atoms with Gasteiger partial charge in [0.25, 0.3) is 5.91 Å². The van der Waals surface area contributed by atoms with Crippen molar-refractivity contribution in [3.8, 4) is 0 Å². The summed E-state index contributed by atoms with van der Waals surface area (Å²) in [5.74, 6) is 5.55. The van der Waals surface area contributed by atoms with Gasteiger partial charge >= 0.3 is 0 Å². The first-order valence-corrected chi connectivity index (χ1v) is 7.00. The molecular formula is C13H15N3O2S. The number of fused-ring (bicyclic) bond motifs is 1. The summed E-state index contributed by atoms with van der Waals surface area (Å²) in [4.78, 5) is 15.1. The van der Waals surface area contributed by atoms with Gasteiger partial charge in [-0.05, 0) is 29.5 Å². The normalized spacial score (nSPS) is 15.2. The van der Waals surface area contributed by atoms with Gasteiger partial charge in [0.1, 0.15) is 12.0 Å². The Bertz CT molecular complexity index is 590. The van der Waals surface area contributed by atoms with Gasteiger partial charge in [0.2, 0.25) is 0 Å². The van der Waals surface area contributed by atoms with E-state index in [1.54, 1.807) is 6.07 Å². The predicted octanol–water partition coefficient (Wildman–Crippen LogP) is 1.50. The van der Waals surface area contributed by atoms with Crippen molar-refractivity contribution in [3.63, 3.8) is 0 Å². The smallest absolute Gasteiger partial charge is 0.268 e. The number of hydrogen-bond acceptors (Lipinski definition) is 5. The number of nitrogen functional groups attached to an aromatic ring is 1. The number of nitrogens with two attached hydrogens (primary N) is 1. The number of amides is 1. The van der Waals surface area contributed by atoms with Crippen molar-refractivity contribution < 1.29 is 9.21 Å². The molecule has 3 heterocycles. The number of hydrazine groups is 1. The lowest BCUT2D eigenvalue weighted by atomic mass is 10.1. The molecule has 2 aromatic heterocycles. The molecule has 2 aromatic rings. The molecule has 0 saturated heterocycles. The predicted molar refractivity (Wildman–Crippen MR) is 72.5 cm³/mol. The molecular weight excluding hydrogens is 262 g/mol. The Balaban J connectivity index is 1.66. The summed E-state index contributed by atoms with van der Waals surface area (Å²) >= 11 is 1.83. The fourth-order valence-corrected chi connectivity index (χ4v) is 3.22. The van der Waals surface area contributed by atoms with Gasteiger partial charge < -0.3 is 4.42 Å². The molecule has 6 heteroatoms. The lowest BCUT2D eigenvalue weighted by Crippen LogP contribution is -2.30. The van der Waals surface area contributed by atoms with Gasteiger partial charge in [0, 0.05) is 18.0 Å². The number of nitrogens with one attached hydrogen (secondary N) is 1. The minimum absolute atomic E-state index is 0.325. The van der Waals surface area contributed by atoms with Crippen LogP contribution in [0.25, 0.3) is 0 Å². The van der Waals surface area contributed by atoms with E-state index >= 15 is 0 Å². The molecule has 19 heavy (non-hydrogen) atoms. The maximum absolute atomic E-state index is 11.3. The zero-order valence-corrected chi connectivity index (χ0v) is 11.2. The Kier molecular flexibility index (Phi) is 3.37. The minimum Gasteiger partial charge on any atom is -0.467 e. The number of rotatable bonds is 3. The Morgan fingerprint density at radius 2 is 2.47 bits per heavy atom. The zero-order chi connectivity index (χ0) is 13.2. The van der Waals surface area contributed by atoms with Crippen LogP contribution >= 0.6 is 11.3 Å². The first-order valence-electron chi connectivity index (χ1n) is 6.12. The molecule has 0 aliphatic carbocycles. The lowest BCUT2D eigenvalue weighted by molar-refractivity contribution is 0.0953. The average Bonchev–Trinajstić information content (AvgIpc) is 3.06. The van der Waals surface area contributed by atoms with E-state index < -0.39 is 0 Å². The molecule has 1 aliphatic heterocycles. The Hall–Kier alpha value is -1.63. The monoisotopic (exact) mass is 277 g/mol. The van der Waals surface area contributed by atoms with Crippen LogP contribution in [-0.2, 0) is 19.5 Å². The molecule has 0 unspecified atom stereocenters. The van der Waals surface area contributed by atoms with Crippen LogP contribution in [0.15, 0.2) is 28.2 Å². The molecule has 3 N–H and O–H groups in total. The van der Waals surface area contributed by atoms with Crippen molar-refractivity contribution >= 4 is 17.2 Å². The fraction of sp³-hybridized carbons (Fsp3) is 0.308. The van der Waals surface area contributed by atoms with Crippen molar-refractivity contribution in [2.75, 3.05) is 6.54 Å². The first kappa shape index (κ1) is 12.4. The van der Waals surface area contributed by atoms with Crippen LogP contribution < -0.4 is 11.3 Å². The number of thiophene rings is 1. The van der Waals surface area contributed by atoms with E-state index in [9.17, 15) is 4.79 Å². The minimum atomic E-state index is -0.325. The van der Waals surface area contributed by atoms with Gasteiger partial charge in [-0.15, -0.1) is 11.3 Å². The zero-order valence-electron chi connectivity index (χ0n) is 10.4. The van der Waals surface area contributed by atoms with Crippen LogP contribution in [0.4, 0.5) is 0 Å². The second kappa shape index (κ2) is 5.16. The lowest BCUT2D eigenvalue weighted by Gasteiger charge is -2.25. The topological polar surface area (TPSA) is 71.5 Å². The van der Waals surface area contributed by atoms with E-state index in [1.165, 1.54) is 16.7 Å². The largest absolute Gasteiger partial charge is 0.467 e. The number of carbonyl (C=O) groups is 1. The Labute approximate surface area is 115 Å². The average molecular weight is 277 g/mol. The molecule has 0 fully saturated rings. The summed E-state index contributed by atoms with van der Waals surface area (Å²) in [6.07, 6.45) is 2.53. The highest BCUT2D eigenvalue weighted by molar-refractivity contribution is 7.10. The Morgan fingerprint density at radius 1 is 1.58 bits per heavy atom. The van der Waals surface area contributed by atoms with Gasteiger partial charge in [0.15, 0.2) is 0 Å². The first-order chi connectivity index (χ1) is 9.26.